The van der Waals surface area contributed by atoms with E-state index in [2.05, 4.69) is 9.80 Å². The molecule has 0 atom stereocenters. The molecule has 0 aromatic rings. The summed E-state index contributed by atoms with van der Waals surface area (Å²) in [4.78, 5) is 5.52. The van der Waals surface area contributed by atoms with Crippen molar-refractivity contribution in [2.45, 2.75) is 63.8 Å². The van der Waals surface area contributed by atoms with Crippen molar-refractivity contribution in [2.24, 2.45) is 5.41 Å². The molecule has 0 radical (unpaired) electrons. The van der Waals surface area contributed by atoms with E-state index in [4.69, 9.17) is 12.6 Å². The van der Waals surface area contributed by atoms with E-state index >= 15 is 0 Å². The first-order chi connectivity index (χ1) is 9.81. The summed E-state index contributed by atoms with van der Waals surface area (Å²) in [6.07, 6.45) is 13.0. The molecule has 0 bridgehead atoms. The minimum atomic E-state index is 0.539. The molecule has 0 unspecified atom stereocenters. The van der Waals surface area contributed by atoms with Crippen LogP contribution in [0, 0.1) is 5.41 Å². The molecule has 0 spiro atoms. The molecule has 2 aliphatic carbocycles. The second-order valence-electron chi connectivity index (χ2n) is 7.47. The minimum absolute atomic E-state index is 0.539. The summed E-state index contributed by atoms with van der Waals surface area (Å²) in [6, 6.07) is 0.922. The summed E-state index contributed by atoms with van der Waals surface area (Å²) >= 11 is 4.70. The summed E-state index contributed by atoms with van der Waals surface area (Å²) in [5.41, 5.74) is 0.539. The average molecular weight is 297 g/mol. The highest BCUT2D eigenvalue weighted by molar-refractivity contribution is 7.80. The topological polar surface area (TPSA) is 6.48 Å². The van der Waals surface area contributed by atoms with Crippen molar-refractivity contribution in [3.8, 4) is 0 Å². The van der Waals surface area contributed by atoms with E-state index in [9.17, 15) is 0 Å². The molecule has 3 aliphatic rings. The van der Waals surface area contributed by atoms with Crippen LogP contribution in [0.4, 0.5) is 0 Å². The molecule has 1 saturated heterocycles. The summed E-state index contributed by atoms with van der Waals surface area (Å²) in [5.74, 6) is 1.09. The van der Waals surface area contributed by atoms with Gasteiger partial charge in [0.15, 0.2) is 0 Å². The maximum absolute atomic E-state index is 4.70. The SMILES string of the molecule is SCC1(CN2CCN(C3CCCC3)CC2)CCCCC1. The van der Waals surface area contributed by atoms with E-state index in [0.717, 1.165) is 11.8 Å². The van der Waals surface area contributed by atoms with Gasteiger partial charge >= 0.3 is 0 Å². The van der Waals surface area contributed by atoms with Crippen LogP contribution in [0.2, 0.25) is 0 Å². The lowest BCUT2D eigenvalue weighted by Gasteiger charge is -2.44. The number of hydrogen-bond acceptors (Lipinski definition) is 3. The first-order valence-electron chi connectivity index (χ1n) is 8.89. The highest BCUT2D eigenvalue weighted by Crippen LogP contribution is 2.38. The summed E-state index contributed by atoms with van der Waals surface area (Å²) in [5, 5.41) is 0. The van der Waals surface area contributed by atoms with Crippen molar-refractivity contribution >= 4 is 12.6 Å². The molecule has 3 fully saturated rings. The maximum atomic E-state index is 4.70. The Labute approximate surface area is 130 Å². The first-order valence-corrected chi connectivity index (χ1v) is 9.52. The van der Waals surface area contributed by atoms with Gasteiger partial charge in [0, 0.05) is 38.8 Å². The van der Waals surface area contributed by atoms with Gasteiger partial charge in [-0.1, -0.05) is 32.1 Å². The van der Waals surface area contributed by atoms with Gasteiger partial charge in [-0.3, -0.25) is 4.90 Å². The zero-order valence-electron chi connectivity index (χ0n) is 13.0. The Morgan fingerprint density at radius 2 is 1.50 bits per heavy atom. The quantitative estimate of drug-likeness (QED) is 0.794. The number of thiol groups is 1. The third kappa shape index (κ3) is 3.53. The zero-order valence-corrected chi connectivity index (χ0v) is 13.9. The Bertz CT molecular complexity index is 287. The molecular weight excluding hydrogens is 264 g/mol. The molecule has 3 rings (SSSR count). The monoisotopic (exact) mass is 296 g/mol. The van der Waals surface area contributed by atoms with Crippen molar-refractivity contribution in [3.05, 3.63) is 0 Å². The third-order valence-corrected chi connectivity index (χ3v) is 6.73. The van der Waals surface area contributed by atoms with Crippen LogP contribution in [0.3, 0.4) is 0 Å². The van der Waals surface area contributed by atoms with Gasteiger partial charge in [0.05, 0.1) is 0 Å². The Morgan fingerprint density at radius 1 is 0.850 bits per heavy atom. The molecule has 0 aromatic heterocycles. The van der Waals surface area contributed by atoms with Gasteiger partial charge in [-0.05, 0) is 36.9 Å². The Morgan fingerprint density at radius 3 is 2.10 bits per heavy atom. The standard InChI is InChI=1S/C17H32N2S/c20-15-17(8-4-1-5-9-17)14-18-10-12-19(13-11-18)16-6-2-3-7-16/h16,20H,1-15H2. The van der Waals surface area contributed by atoms with Crippen molar-refractivity contribution in [3.63, 3.8) is 0 Å². The van der Waals surface area contributed by atoms with Crippen LogP contribution in [-0.2, 0) is 0 Å². The van der Waals surface area contributed by atoms with E-state index in [-0.39, 0.29) is 0 Å². The predicted molar refractivity (Wildman–Crippen MR) is 89.6 cm³/mol. The lowest BCUT2D eigenvalue weighted by atomic mass is 9.75. The van der Waals surface area contributed by atoms with Crippen LogP contribution in [0.1, 0.15) is 57.8 Å². The number of nitrogens with zero attached hydrogens (tertiary/aromatic N) is 2. The Kier molecular flexibility index (Phi) is 5.33. The normalized spacial score (nSPS) is 29.9. The van der Waals surface area contributed by atoms with Gasteiger partial charge in [-0.2, -0.15) is 12.6 Å². The van der Waals surface area contributed by atoms with Gasteiger partial charge in [0.25, 0.3) is 0 Å². The zero-order chi connectivity index (χ0) is 13.8. The van der Waals surface area contributed by atoms with E-state index < -0.39 is 0 Å². The van der Waals surface area contributed by atoms with Gasteiger partial charge in [-0.15, -0.1) is 0 Å². The van der Waals surface area contributed by atoms with E-state index in [1.807, 2.05) is 0 Å². The fourth-order valence-electron chi connectivity index (χ4n) is 4.70. The average Bonchev–Trinajstić information content (AvgIpc) is 3.03. The van der Waals surface area contributed by atoms with Crippen LogP contribution in [0.15, 0.2) is 0 Å². The van der Waals surface area contributed by atoms with Gasteiger partial charge in [0.2, 0.25) is 0 Å². The highest BCUT2D eigenvalue weighted by Gasteiger charge is 2.34. The number of hydrogen-bond donors (Lipinski definition) is 1. The molecule has 116 valence electrons. The minimum Gasteiger partial charge on any atom is -0.300 e. The molecule has 20 heavy (non-hydrogen) atoms. The molecule has 2 nitrogen and oxygen atoms in total. The predicted octanol–water partition coefficient (Wildman–Crippen LogP) is 3.43. The van der Waals surface area contributed by atoms with Gasteiger partial charge in [0.1, 0.15) is 0 Å². The maximum Gasteiger partial charge on any atom is 0.0113 e. The highest BCUT2D eigenvalue weighted by atomic mass is 32.1. The van der Waals surface area contributed by atoms with Gasteiger partial charge < -0.3 is 4.90 Å². The van der Waals surface area contributed by atoms with Crippen LogP contribution in [0.25, 0.3) is 0 Å². The second-order valence-corrected chi connectivity index (χ2v) is 7.79. The Balaban J connectivity index is 1.47. The summed E-state index contributed by atoms with van der Waals surface area (Å²) in [7, 11) is 0. The summed E-state index contributed by atoms with van der Waals surface area (Å²) in [6.45, 7) is 6.54. The largest absolute Gasteiger partial charge is 0.300 e. The Hall–Kier alpha value is 0.270. The first kappa shape index (κ1) is 15.2. The van der Waals surface area contributed by atoms with Crippen LogP contribution in [0.5, 0.6) is 0 Å². The molecule has 0 N–H and O–H groups in total. The lowest BCUT2D eigenvalue weighted by Crippen LogP contribution is -2.52. The molecule has 0 aromatic carbocycles. The van der Waals surface area contributed by atoms with Crippen molar-refractivity contribution in [1.29, 1.82) is 0 Å². The smallest absolute Gasteiger partial charge is 0.0113 e. The fraction of sp³-hybridized carbons (Fsp3) is 1.00. The van der Waals surface area contributed by atoms with E-state index in [0.29, 0.717) is 5.41 Å². The third-order valence-electron chi connectivity index (χ3n) is 6.06. The number of rotatable bonds is 4. The van der Waals surface area contributed by atoms with Crippen LogP contribution >= 0.6 is 12.6 Å². The molecule has 3 heteroatoms. The molecule has 1 aliphatic heterocycles. The van der Waals surface area contributed by atoms with Gasteiger partial charge in [-0.25, -0.2) is 0 Å². The fourth-order valence-corrected chi connectivity index (χ4v) is 5.11. The lowest BCUT2D eigenvalue weighted by molar-refractivity contribution is 0.0576. The van der Waals surface area contributed by atoms with Crippen molar-refractivity contribution < 1.29 is 0 Å². The second kappa shape index (κ2) is 7.02. The molecule has 1 heterocycles. The molecule has 2 saturated carbocycles. The molecule has 0 amide bonds. The van der Waals surface area contributed by atoms with Crippen LogP contribution < -0.4 is 0 Å². The van der Waals surface area contributed by atoms with E-state index in [1.165, 1.54) is 90.5 Å². The van der Waals surface area contributed by atoms with Crippen molar-refractivity contribution in [2.75, 3.05) is 38.5 Å². The molecular formula is C17H32N2S. The number of piperazine rings is 1. The van der Waals surface area contributed by atoms with Crippen LogP contribution in [-0.4, -0.2) is 54.3 Å². The summed E-state index contributed by atoms with van der Waals surface area (Å²) < 4.78 is 0. The van der Waals surface area contributed by atoms with Crippen molar-refractivity contribution in [1.82, 2.24) is 9.80 Å². The van der Waals surface area contributed by atoms with E-state index in [1.54, 1.807) is 0 Å².